The van der Waals surface area contributed by atoms with Gasteiger partial charge in [0.2, 0.25) is 0 Å². The summed E-state index contributed by atoms with van der Waals surface area (Å²) in [6.45, 7) is 10.8. The highest BCUT2D eigenvalue weighted by molar-refractivity contribution is 4.91. The molecule has 1 rings (SSSR count). The molecule has 0 aromatic heterocycles. The van der Waals surface area contributed by atoms with Gasteiger partial charge in [0.1, 0.15) is 0 Å². The van der Waals surface area contributed by atoms with Crippen molar-refractivity contribution in [2.45, 2.75) is 58.5 Å². The van der Waals surface area contributed by atoms with E-state index in [2.05, 4.69) is 37.6 Å². The van der Waals surface area contributed by atoms with E-state index in [0.717, 1.165) is 0 Å². The van der Waals surface area contributed by atoms with E-state index in [4.69, 9.17) is 0 Å². The van der Waals surface area contributed by atoms with Crippen molar-refractivity contribution in [3.8, 4) is 0 Å². The predicted octanol–water partition coefficient (Wildman–Crippen LogP) is 2.94. The molecule has 1 atom stereocenters. The Bertz CT molecular complexity index is 181. The van der Waals surface area contributed by atoms with Gasteiger partial charge in [-0.3, -0.25) is 9.80 Å². The summed E-state index contributed by atoms with van der Waals surface area (Å²) in [4.78, 5) is 5.23. The molecule has 0 bridgehead atoms. The van der Waals surface area contributed by atoms with Crippen molar-refractivity contribution in [3.05, 3.63) is 0 Å². The average molecular weight is 212 g/mol. The van der Waals surface area contributed by atoms with E-state index < -0.39 is 0 Å². The zero-order valence-corrected chi connectivity index (χ0v) is 11.1. The summed E-state index contributed by atoms with van der Waals surface area (Å²) in [7, 11) is 2.28. The summed E-state index contributed by atoms with van der Waals surface area (Å²) in [5, 5.41) is 0. The summed E-state index contributed by atoms with van der Waals surface area (Å²) < 4.78 is 0. The van der Waals surface area contributed by atoms with Crippen LogP contribution in [0.3, 0.4) is 0 Å². The molecule has 15 heavy (non-hydrogen) atoms. The zero-order valence-electron chi connectivity index (χ0n) is 11.1. The Hall–Kier alpha value is -0.0800. The van der Waals surface area contributed by atoms with Crippen molar-refractivity contribution in [2.75, 3.05) is 26.7 Å². The average Bonchev–Trinajstić information content (AvgIpc) is 2.51. The van der Waals surface area contributed by atoms with E-state index in [0.29, 0.717) is 5.66 Å². The van der Waals surface area contributed by atoms with Crippen molar-refractivity contribution in [3.63, 3.8) is 0 Å². The first-order chi connectivity index (χ1) is 7.15. The van der Waals surface area contributed by atoms with Gasteiger partial charge in [-0.15, -0.1) is 0 Å². The Balaban J connectivity index is 2.53. The first-order valence-electron chi connectivity index (χ1n) is 6.61. The van der Waals surface area contributed by atoms with Crippen LogP contribution in [0.4, 0.5) is 0 Å². The largest absolute Gasteiger partial charge is 0.287 e. The van der Waals surface area contributed by atoms with Gasteiger partial charge < -0.3 is 0 Å². The van der Waals surface area contributed by atoms with Crippen molar-refractivity contribution < 1.29 is 0 Å². The van der Waals surface area contributed by atoms with E-state index in [1.54, 1.807) is 0 Å². The Morgan fingerprint density at radius 1 is 1.07 bits per heavy atom. The smallest absolute Gasteiger partial charge is 0.0707 e. The van der Waals surface area contributed by atoms with Crippen LogP contribution in [0.15, 0.2) is 0 Å². The molecule has 0 spiro atoms. The Kier molecular flexibility index (Phi) is 5.07. The van der Waals surface area contributed by atoms with Crippen molar-refractivity contribution in [1.82, 2.24) is 9.80 Å². The molecule has 0 saturated carbocycles. The lowest BCUT2D eigenvalue weighted by molar-refractivity contribution is 0.0365. The van der Waals surface area contributed by atoms with Crippen LogP contribution in [-0.4, -0.2) is 42.1 Å². The third-order valence-corrected chi connectivity index (χ3v) is 3.99. The highest BCUT2D eigenvalue weighted by Crippen LogP contribution is 2.30. The van der Waals surface area contributed by atoms with Gasteiger partial charge in [0.15, 0.2) is 0 Å². The molecule has 2 heteroatoms. The number of nitrogens with zero attached hydrogens (tertiary/aromatic N) is 2. The van der Waals surface area contributed by atoms with Crippen molar-refractivity contribution in [2.24, 2.45) is 0 Å². The van der Waals surface area contributed by atoms with E-state index >= 15 is 0 Å². The number of unbranched alkanes of at least 4 members (excludes halogenated alkanes) is 2. The molecule has 1 aliphatic rings. The summed E-state index contributed by atoms with van der Waals surface area (Å²) in [5.74, 6) is 0. The van der Waals surface area contributed by atoms with Crippen LogP contribution >= 0.6 is 0 Å². The number of rotatable bonds is 6. The van der Waals surface area contributed by atoms with Gasteiger partial charge in [-0.25, -0.2) is 0 Å². The lowest BCUT2D eigenvalue weighted by Crippen LogP contribution is -2.49. The standard InChI is InChI=1S/C13H28N2/c1-5-7-9-13(3)14(4)11-12-15(13)10-8-6-2/h5-12H2,1-4H3. The molecule has 0 aliphatic carbocycles. The van der Waals surface area contributed by atoms with E-state index in [1.807, 2.05) is 0 Å². The van der Waals surface area contributed by atoms with Crippen LogP contribution in [0, 0.1) is 0 Å². The highest BCUT2D eigenvalue weighted by atomic mass is 15.4. The molecule has 90 valence electrons. The monoisotopic (exact) mass is 212 g/mol. The molecule has 2 nitrogen and oxygen atoms in total. The molecule has 1 heterocycles. The van der Waals surface area contributed by atoms with Crippen LogP contribution in [0.1, 0.15) is 52.9 Å². The quantitative estimate of drug-likeness (QED) is 0.668. The van der Waals surface area contributed by atoms with E-state index in [-0.39, 0.29) is 0 Å². The second kappa shape index (κ2) is 5.86. The molecule has 1 saturated heterocycles. The first-order valence-corrected chi connectivity index (χ1v) is 6.61. The van der Waals surface area contributed by atoms with Gasteiger partial charge in [-0.2, -0.15) is 0 Å². The molecule has 1 aliphatic heterocycles. The lowest BCUT2D eigenvalue weighted by atomic mass is 10.0. The molecular formula is C13H28N2. The summed E-state index contributed by atoms with van der Waals surface area (Å²) in [6.07, 6.45) is 6.64. The molecule has 1 fully saturated rings. The Morgan fingerprint density at radius 2 is 1.73 bits per heavy atom. The fourth-order valence-corrected chi connectivity index (χ4v) is 2.56. The van der Waals surface area contributed by atoms with Gasteiger partial charge in [0.25, 0.3) is 0 Å². The number of hydrogen-bond donors (Lipinski definition) is 0. The van der Waals surface area contributed by atoms with Crippen molar-refractivity contribution >= 4 is 0 Å². The molecule has 0 radical (unpaired) electrons. The summed E-state index contributed by atoms with van der Waals surface area (Å²) >= 11 is 0. The minimum atomic E-state index is 0.338. The van der Waals surface area contributed by atoms with Gasteiger partial charge in [-0.1, -0.05) is 33.1 Å². The molecule has 0 aromatic carbocycles. The third-order valence-electron chi connectivity index (χ3n) is 3.99. The SMILES string of the molecule is CCCCN1CCN(C)C1(C)CCCC. The number of likely N-dealkylation sites (N-methyl/N-ethyl adjacent to an activating group) is 1. The molecule has 0 N–H and O–H groups in total. The maximum absolute atomic E-state index is 2.69. The zero-order chi connectivity index (χ0) is 11.3. The molecule has 0 amide bonds. The third kappa shape index (κ3) is 2.94. The van der Waals surface area contributed by atoms with Gasteiger partial charge in [-0.05, 0) is 33.4 Å². The topological polar surface area (TPSA) is 6.48 Å². The predicted molar refractivity (Wildman–Crippen MR) is 67.0 cm³/mol. The fourth-order valence-electron chi connectivity index (χ4n) is 2.56. The highest BCUT2D eigenvalue weighted by Gasteiger charge is 2.39. The van der Waals surface area contributed by atoms with Crippen LogP contribution in [0.5, 0.6) is 0 Å². The Morgan fingerprint density at radius 3 is 2.33 bits per heavy atom. The van der Waals surface area contributed by atoms with Crippen LogP contribution < -0.4 is 0 Å². The summed E-state index contributed by atoms with van der Waals surface area (Å²) in [5.41, 5.74) is 0.338. The van der Waals surface area contributed by atoms with Gasteiger partial charge in [0, 0.05) is 13.1 Å². The molecule has 1 unspecified atom stereocenters. The van der Waals surface area contributed by atoms with Crippen LogP contribution in [-0.2, 0) is 0 Å². The maximum Gasteiger partial charge on any atom is 0.0707 e. The Labute approximate surface area is 95.6 Å². The number of hydrogen-bond acceptors (Lipinski definition) is 2. The van der Waals surface area contributed by atoms with Gasteiger partial charge >= 0.3 is 0 Å². The van der Waals surface area contributed by atoms with Gasteiger partial charge in [0.05, 0.1) is 5.66 Å². The molecular weight excluding hydrogens is 184 g/mol. The maximum atomic E-state index is 2.69. The summed E-state index contributed by atoms with van der Waals surface area (Å²) in [6, 6.07) is 0. The fraction of sp³-hybridized carbons (Fsp3) is 1.00. The minimum Gasteiger partial charge on any atom is -0.287 e. The minimum absolute atomic E-state index is 0.338. The van der Waals surface area contributed by atoms with E-state index in [1.165, 1.54) is 51.7 Å². The second-order valence-electron chi connectivity index (χ2n) is 5.08. The molecule has 0 aromatic rings. The first kappa shape index (κ1) is 13.0. The normalized spacial score (nSPS) is 28.8. The van der Waals surface area contributed by atoms with Crippen molar-refractivity contribution in [1.29, 1.82) is 0 Å². The van der Waals surface area contributed by atoms with E-state index in [9.17, 15) is 0 Å². The van der Waals surface area contributed by atoms with Crippen LogP contribution in [0.25, 0.3) is 0 Å². The lowest BCUT2D eigenvalue weighted by Gasteiger charge is -2.40. The van der Waals surface area contributed by atoms with Crippen LogP contribution in [0.2, 0.25) is 0 Å². The second-order valence-corrected chi connectivity index (χ2v) is 5.08.